The molecule has 0 radical (unpaired) electrons. The highest BCUT2D eigenvalue weighted by atomic mass is 19.4. The Morgan fingerprint density at radius 1 is 0.951 bits per heavy atom. The first kappa shape index (κ1) is 31.4. The van der Waals surface area contributed by atoms with Crippen LogP contribution in [0.2, 0.25) is 0 Å². The molecule has 0 fully saturated rings. The number of anilines is 1. The van der Waals surface area contributed by atoms with Gasteiger partial charge < -0.3 is 27.8 Å². The van der Waals surface area contributed by atoms with Crippen molar-refractivity contribution < 1.29 is 27.6 Å². The number of amides is 3. The zero-order valence-electron chi connectivity index (χ0n) is 22.2. The summed E-state index contributed by atoms with van der Waals surface area (Å²) in [6.45, 7) is 1.20. The maximum Gasteiger partial charge on any atom is 0.416 e. The molecule has 220 valence electrons. The van der Waals surface area contributed by atoms with Crippen LogP contribution in [0.4, 0.5) is 18.9 Å². The molecule has 11 nitrogen and oxygen atoms in total. The lowest BCUT2D eigenvalue weighted by Crippen LogP contribution is -2.53. The van der Waals surface area contributed by atoms with E-state index >= 15 is 0 Å². The van der Waals surface area contributed by atoms with Gasteiger partial charge in [0.15, 0.2) is 0 Å². The van der Waals surface area contributed by atoms with E-state index in [9.17, 15) is 27.6 Å². The lowest BCUT2D eigenvalue weighted by molar-refractivity contribution is -0.137. The molecule has 1 heterocycles. The Morgan fingerprint density at radius 3 is 2.24 bits per heavy atom. The van der Waals surface area contributed by atoms with E-state index in [1.165, 1.54) is 23.3 Å². The van der Waals surface area contributed by atoms with Gasteiger partial charge in [-0.25, -0.2) is 5.01 Å². The fourth-order valence-electron chi connectivity index (χ4n) is 3.97. The second kappa shape index (κ2) is 14.5. The van der Waals surface area contributed by atoms with Gasteiger partial charge in [0.05, 0.1) is 35.4 Å². The summed E-state index contributed by atoms with van der Waals surface area (Å²) < 4.78 is 39.0. The fourth-order valence-corrected chi connectivity index (χ4v) is 3.97. The van der Waals surface area contributed by atoms with Crippen molar-refractivity contribution in [1.82, 2.24) is 20.7 Å². The van der Waals surface area contributed by atoms with Gasteiger partial charge in [0.25, 0.3) is 0 Å². The number of hydrazine groups is 1. The van der Waals surface area contributed by atoms with Crippen LogP contribution >= 0.6 is 0 Å². The number of para-hydroxylation sites is 1. The SMILES string of the molecule is NCCN(CCN)NC(=O)C[C@H](N)C(=O)N[C@@H](Cc1ccc(C(F)(F)F)cc1)C(=O)Nc1cnc2ccccc2c1. The topological polar surface area (TPSA) is 181 Å². The number of fused-ring (bicyclic) bond motifs is 1. The van der Waals surface area contributed by atoms with Gasteiger partial charge in [-0.2, -0.15) is 13.2 Å². The summed E-state index contributed by atoms with van der Waals surface area (Å²) in [4.78, 5) is 42.9. The summed E-state index contributed by atoms with van der Waals surface area (Å²) in [6.07, 6.45) is -3.62. The van der Waals surface area contributed by atoms with E-state index in [1.807, 2.05) is 18.2 Å². The first-order chi connectivity index (χ1) is 19.5. The number of aromatic nitrogens is 1. The molecule has 2 atom stereocenters. The first-order valence-corrected chi connectivity index (χ1v) is 12.8. The summed E-state index contributed by atoms with van der Waals surface area (Å²) in [6, 6.07) is 10.6. The Morgan fingerprint density at radius 2 is 1.61 bits per heavy atom. The molecule has 1 aromatic heterocycles. The predicted octanol–water partition coefficient (Wildman–Crippen LogP) is 0.888. The number of nitrogens with one attached hydrogen (secondary N) is 3. The average Bonchev–Trinajstić information content (AvgIpc) is 2.92. The van der Waals surface area contributed by atoms with Gasteiger partial charge in [-0.3, -0.25) is 24.8 Å². The van der Waals surface area contributed by atoms with E-state index in [2.05, 4.69) is 21.0 Å². The maximum absolute atomic E-state index is 13.3. The molecule has 3 rings (SSSR count). The molecule has 0 saturated heterocycles. The molecule has 14 heteroatoms. The van der Waals surface area contributed by atoms with Gasteiger partial charge in [0, 0.05) is 38.0 Å². The Hall–Kier alpha value is -4.11. The number of carbonyl (C=O) groups is 3. The van der Waals surface area contributed by atoms with Crippen molar-refractivity contribution in [3.05, 3.63) is 71.9 Å². The summed E-state index contributed by atoms with van der Waals surface area (Å²) in [5.41, 5.74) is 20.2. The number of nitrogens with two attached hydrogens (primary N) is 3. The van der Waals surface area contributed by atoms with E-state index in [0.29, 0.717) is 29.9 Å². The van der Waals surface area contributed by atoms with Crippen LogP contribution in [0.15, 0.2) is 60.8 Å². The first-order valence-electron chi connectivity index (χ1n) is 12.8. The van der Waals surface area contributed by atoms with Crippen LogP contribution in [0, 0.1) is 0 Å². The zero-order valence-corrected chi connectivity index (χ0v) is 22.2. The van der Waals surface area contributed by atoms with Crippen molar-refractivity contribution in [3.63, 3.8) is 0 Å². The van der Waals surface area contributed by atoms with Gasteiger partial charge in [0.2, 0.25) is 17.7 Å². The summed E-state index contributed by atoms with van der Waals surface area (Å²) in [5, 5.41) is 7.48. The molecule has 2 aromatic carbocycles. The number of hydrogen-bond donors (Lipinski definition) is 6. The van der Waals surface area contributed by atoms with Crippen molar-refractivity contribution in [3.8, 4) is 0 Å². The quantitative estimate of drug-likeness (QED) is 0.163. The molecule has 0 spiro atoms. The summed E-state index contributed by atoms with van der Waals surface area (Å²) >= 11 is 0. The molecule has 0 aliphatic carbocycles. The van der Waals surface area contributed by atoms with Crippen LogP contribution in [0.5, 0.6) is 0 Å². The highest BCUT2D eigenvalue weighted by molar-refractivity contribution is 5.99. The fraction of sp³-hybridized carbons (Fsp3) is 0.333. The zero-order chi connectivity index (χ0) is 30.0. The van der Waals surface area contributed by atoms with Crippen LogP contribution in [0.25, 0.3) is 10.9 Å². The van der Waals surface area contributed by atoms with Crippen molar-refractivity contribution >= 4 is 34.3 Å². The molecular formula is C27H33F3N8O3. The summed E-state index contributed by atoms with van der Waals surface area (Å²) in [5.74, 6) is -2.00. The normalized spacial score (nSPS) is 13.0. The Labute approximate surface area is 234 Å². The molecule has 0 aliphatic rings. The minimum absolute atomic E-state index is 0.142. The molecular weight excluding hydrogens is 541 g/mol. The van der Waals surface area contributed by atoms with E-state index in [0.717, 1.165) is 17.5 Å². The minimum atomic E-state index is -4.52. The highest BCUT2D eigenvalue weighted by Crippen LogP contribution is 2.29. The predicted molar refractivity (Wildman–Crippen MR) is 148 cm³/mol. The maximum atomic E-state index is 13.3. The standard InChI is InChI=1S/C27H33F3N8O3/c28-27(29,30)19-7-5-17(6-8-19)13-23(26(41)35-20-14-18-3-1-2-4-22(18)34-16-20)36-25(40)21(33)15-24(39)37-38(11-9-31)12-10-32/h1-8,14,16,21,23H,9-13,15,31-33H2,(H,35,41)(H,36,40)(H,37,39)/t21-,23-/m0/s1. The van der Waals surface area contributed by atoms with Crippen LogP contribution in [-0.2, 0) is 27.0 Å². The molecule has 0 saturated carbocycles. The minimum Gasteiger partial charge on any atom is -0.343 e. The van der Waals surface area contributed by atoms with Crippen LogP contribution in [0.3, 0.4) is 0 Å². The smallest absolute Gasteiger partial charge is 0.343 e. The second-order valence-corrected chi connectivity index (χ2v) is 9.28. The number of alkyl halides is 3. The monoisotopic (exact) mass is 574 g/mol. The Kier molecular flexibility index (Phi) is 11.1. The van der Waals surface area contributed by atoms with E-state index in [-0.39, 0.29) is 19.5 Å². The number of carbonyl (C=O) groups excluding carboxylic acids is 3. The third-order valence-electron chi connectivity index (χ3n) is 6.04. The third-order valence-corrected chi connectivity index (χ3v) is 6.04. The third kappa shape index (κ3) is 9.49. The molecule has 0 bridgehead atoms. The van der Waals surface area contributed by atoms with Crippen LogP contribution < -0.4 is 33.3 Å². The van der Waals surface area contributed by atoms with Crippen molar-refractivity contribution in [2.24, 2.45) is 17.2 Å². The largest absolute Gasteiger partial charge is 0.416 e. The van der Waals surface area contributed by atoms with Gasteiger partial charge >= 0.3 is 6.18 Å². The molecule has 9 N–H and O–H groups in total. The van der Waals surface area contributed by atoms with E-state index in [1.54, 1.807) is 12.1 Å². The highest BCUT2D eigenvalue weighted by Gasteiger charge is 2.31. The van der Waals surface area contributed by atoms with Crippen LogP contribution in [-0.4, -0.2) is 66.0 Å². The second-order valence-electron chi connectivity index (χ2n) is 9.28. The Bertz CT molecular complexity index is 1330. The van der Waals surface area contributed by atoms with Gasteiger partial charge in [-0.15, -0.1) is 0 Å². The Balaban J connectivity index is 1.74. The molecule has 3 aromatic rings. The molecule has 41 heavy (non-hydrogen) atoms. The van der Waals surface area contributed by atoms with Crippen molar-refractivity contribution in [2.45, 2.75) is 31.1 Å². The van der Waals surface area contributed by atoms with Gasteiger partial charge in [-0.1, -0.05) is 30.3 Å². The molecule has 3 amide bonds. The number of pyridine rings is 1. The number of benzene rings is 2. The summed E-state index contributed by atoms with van der Waals surface area (Å²) in [7, 11) is 0. The molecule has 0 aliphatic heterocycles. The van der Waals surface area contributed by atoms with Gasteiger partial charge in [0.1, 0.15) is 6.04 Å². The number of rotatable bonds is 13. The van der Waals surface area contributed by atoms with Gasteiger partial charge in [-0.05, 0) is 29.8 Å². The van der Waals surface area contributed by atoms with Crippen molar-refractivity contribution in [1.29, 1.82) is 0 Å². The number of halogens is 3. The lowest BCUT2D eigenvalue weighted by Gasteiger charge is -2.23. The molecule has 0 unspecified atom stereocenters. The average molecular weight is 575 g/mol. The van der Waals surface area contributed by atoms with E-state index in [4.69, 9.17) is 17.2 Å². The van der Waals surface area contributed by atoms with Crippen molar-refractivity contribution in [2.75, 3.05) is 31.5 Å². The number of hydrogen-bond acceptors (Lipinski definition) is 8. The number of nitrogens with zero attached hydrogens (tertiary/aromatic N) is 2. The lowest BCUT2D eigenvalue weighted by atomic mass is 10.0. The van der Waals surface area contributed by atoms with E-state index < -0.39 is 48.0 Å². The van der Waals surface area contributed by atoms with Crippen LogP contribution in [0.1, 0.15) is 17.5 Å².